The fourth-order valence-electron chi connectivity index (χ4n) is 3.23. The Morgan fingerprint density at radius 3 is 2.70 bits per heavy atom. The zero-order valence-corrected chi connectivity index (χ0v) is 15.1. The Hall–Kier alpha value is -3.34. The standard InChI is InChI=1S/C22H22N4O/c27-22(15-18-16-24-26(17-18)20-8-2-1-3-9-20)23-12-6-13-25-14-11-19-7-4-5-10-21(19)25/h1-5,7-11,14,16-17H,6,12-13,15H2,(H,23,27). The van der Waals surface area contributed by atoms with Crippen molar-refractivity contribution in [3.63, 3.8) is 0 Å². The van der Waals surface area contributed by atoms with Gasteiger partial charge in [0.25, 0.3) is 0 Å². The number of hydrogen-bond donors (Lipinski definition) is 1. The summed E-state index contributed by atoms with van der Waals surface area (Å²) < 4.78 is 4.02. The van der Waals surface area contributed by atoms with E-state index in [1.807, 2.05) is 42.6 Å². The van der Waals surface area contributed by atoms with Gasteiger partial charge in [-0.15, -0.1) is 0 Å². The van der Waals surface area contributed by atoms with E-state index in [4.69, 9.17) is 0 Å². The number of hydrogen-bond acceptors (Lipinski definition) is 2. The topological polar surface area (TPSA) is 51.9 Å². The van der Waals surface area contributed by atoms with Gasteiger partial charge in [0.05, 0.1) is 18.3 Å². The van der Waals surface area contributed by atoms with Gasteiger partial charge in [-0.05, 0) is 41.6 Å². The maximum absolute atomic E-state index is 12.2. The van der Waals surface area contributed by atoms with Crippen LogP contribution in [-0.2, 0) is 17.8 Å². The van der Waals surface area contributed by atoms with Crippen LogP contribution >= 0.6 is 0 Å². The van der Waals surface area contributed by atoms with Crippen LogP contribution in [0.4, 0.5) is 0 Å². The summed E-state index contributed by atoms with van der Waals surface area (Å²) in [5.41, 5.74) is 3.13. The molecular weight excluding hydrogens is 336 g/mol. The van der Waals surface area contributed by atoms with Crippen molar-refractivity contribution in [3.05, 3.63) is 84.8 Å². The molecule has 0 saturated heterocycles. The molecular formula is C22H22N4O. The van der Waals surface area contributed by atoms with Crippen molar-refractivity contribution in [1.82, 2.24) is 19.7 Å². The maximum atomic E-state index is 12.2. The molecule has 5 nitrogen and oxygen atoms in total. The molecule has 2 aromatic carbocycles. The summed E-state index contributed by atoms with van der Waals surface area (Å²) in [5.74, 6) is 0.0278. The number of nitrogens with zero attached hydrogens (tertiary/aromatic N) is 3. The molecule has 4 aromatic rings. The molecule has 0 aliphatic heterocycles. The maximum Gasteiger partial charge on any atom is 0.224 e. The first kappa shape index (κ1) is 17.1. The highest BCUT2D eigenvalue weighted by molar-refractivity contribution is 5.80. The second-order valence-electron chi connectivity index (χ2n) is 6.58. The SMILES string of the molecule is O=C(Cc1cnn(-c2ccccc2)c1)NCCCn1ccc2ccccc21. The zero-order chi connectivity index (χ0) is 18.5. The van der Waals surface area contributed by atoms with Crippen LogP contribution < -0.4 is 5.32 Å². The lowest BCUT2D eigenvalue weighted by Gasteiger charge is -2.07. The van der Waals surface area contributed by atoms with Crippen molar-refractivity contribution >= 4 is 16.8 Å². The van der Waals surface area contributed by atoms with E-state index in [1.165, 1.54) is 10.9 Å². The molecule has 0 radical (unpaired) electrons. The van der Waals surface area contributed by atoms with Crippen LogP contribution in [-0.4, -0.2) is 26.8 Å². The Labute approximate surface area is 158 Å². The third-order valence-electron chi connectivity index (χ3n) is 4.60. The molecule has 136 valence electrons. The fraction of sp³-hybridized carbons (Fsp3) is 0.182. The minimum absolute atomic E-state index is 0.0278. The molecule has 27 heavy (non-hydrogen) atoms. The van der Waals surface area contributed by atoms with E-state index in [0.29, 0.717) is 13.0 Å². The minimum Gasteiger partial charge on any atom is -0.356 e. The van der Waals surface area contributed by atoms with E-state index in [0.717, 1.165) is 24.2 Å². The average Bonchev–Trinajstić information content (AvgIpc) is 3.33. The third-order valence-corrected chi connectivity index (χ3v) is 4.60. The van der Waals surface area contributed by atoms with Gasteiger partial charge in [-0.1, -0.05) is 36.4 Å². The van der Waals surface area contributed by atoms with Gasteiger partial charge in [-0.3, -0.25) is 4.79 Å². The number of nitrogens with one attached hydrogen (secondary N) is 1. The molecule has 0 atom stereocenters. The van der Waals surface area contributed by atoms with Gasteiger partial charge in [-0.25, -0.2) is 4.68 Å². The Morgan fingerprint density at radius 1 is 1.00 bits per heavy atom. The Kier molecular flexibility index (Phi) is 5.01. The second-order valence-corrected chi connectivity index (χ2v) is 6.58. The van der Waals surface area contributed by atoms with Gasteiger partial charge in [0.2, 0.25) is 5.91 Å². The van der Waals surface area contributed by atoms with Gasteiger partial charge >= 0.3 is 0 Å². The monoisotopic (exact) mass is 358 g/mol. The summed E-state index contributed by atoms with van der Waals surface area (Å²) in [5, 5.41) is 8.58. The van der Waals surface area contributed by atoms with E-state index in [1.54, 1.807) is 10.9 Å². The molecule has 2 heterocycles. The highest BCUT2D eigenvalue weighted by Crippen LogP contribution is 2.15. The quantitative estimate of drug-likeness (QED) is 0.514. The van der Waals surface area contributed by atoms with Crippen molar-refractivity contribution in [1.29, 1.82) is 0 Å². The van der Waals surface area contributed by atoms with Crippen LogP contribution in [0.15, 0.2) is 79.3 Å². The Bertz CT molecular complexity index is 1030. The number of rotatable bonds is 7. The van der Waals surface area contributed by atoms with E-state index in [9.17, 15) is 4.79 Å². The largest absolute Gasteiger partial charge is 0.356 e. The average molecular weight is 358 g/mol. The second kappa shape index (κ2) is 7.91. The Morgan fingerprint density at radius 2 is 1.81 bits per heavy atom. The number of para-hydroxylation sites is 2. The number of aryl methyl sites for hydroxylation is 1. The van der Waals surface area contributed by atoms with E-state index < -0.39 is 0 Å². The molecule has 1 amide bonds. The summed E-state index contributed by atoms with van der Waals surface area (Å²) in [4.78, 5) is 12.2. The molecule has 4 rings (SSSR count). The predicted molar refractivity (Wildman–Crippen MR) is 107 cm³/mol. The van der Waals surface area contributed by atoms with E-state index in [-0.39, 0.29) is 5.91 Å². The lowest BCUT2D eigenvalue weighted by atomic mass is 10.2. The highest BCUT2D eigenvalue weighted by Gasteiger charge is 2.07. The number of fused-ring (bicyclic) bond motifs is 1. The van der Waals surface area contributed by atoms with Gasteiger partial charge < -0.3 is 9.88 Å². The summed E-state index contributed by atoms with van der Waals surface area (Å²) in [6.45, 7) is 1.55. The molecule has 0 aliphatic rings. The molecule has 0 aliphatic carbocycles. The number of amides is 1. The molecule has 0 fully saturated rings. The van der Waals surface area contributed by atoms with Crippen LogP contribution in [0.25, 0.3) is 16.6 Å². The molecule has 5 heteroatoms. The molecule has 0 bridgehead atoms. The zero-order valence-electron chi connectivity index (χ0n) is 15.1. The van der Waals surface area contributed by atoms with Crippen LogP contribution in [0, 0.1) is 0 Å². The number of aromatic nitrogens is 3. The van der Waals surface area contributed by atoms with Gasteiger partial charge in [0.15, 0.2) is 0 Å². The summed E-state index contributed by atoms with van der Waals surface area (Å²) in [6.07, 6.45) is 7.00. The van der Waals surface area contributed by atoms with Crippen molar-refractivity contribution in [3.8, 4) is 5.69 Å². The number of carbonyl (C=O) groups excluding carboxylic acids is 1. The summed E-state index contributed by atoms with van der Waals surface area (Å²) in [7, 11) is 0. The van der Waals surface area contributed by atoms with Crippen LogP contribution in [0.1, 0.15) is 12.0 Å². The number of benzene rings is 2. The lowest BCUT2D eigenvalue weighted by molar-refractivity contribution is -0.120. The van der Waals surface area contributed by atoms with E-state index >= 15 is 0 Å². The summed E-state index contributed by atoms with van der Waals surface area (Å²) >= 11 is 0. The van der Waals surface area contributed by atoms with Gasteiger partial charge in [-0.2, -0.15) is 5.10 Å². The smallest absolute Gasteiger partial charge is 0.224 e. The van der Waals surface area contributed by atoms with Crippen LogP contribution in [0.2, 0.25) is 0 Å². The predicted octanol–water partition coefficient (Wildman–Crippen LogP) is 3.58. The van der Waals surface area contributed by atoms with Gasteiger partial charge in [0, 0.05) is 31.0 Å². The molecule has 0 unspecified atom stereocenters. The first-order chi connectivity index (χ1) is 13.3. The summed E-state index contributed by atoms with van der Waals surface area (Å²) in [6, 6.07) is 20.3. The lowest BCUT2D eigenvalue weighted by Crippen LogP contribution is -2.26. The third kappa shape index (κ3) is 4.08. The van der Waals surface area contributed by atoms with E-state index in [2.05, 4.69) is 45.4 Å². The Balaban J connectivity index is 1.25. The fourth-order valence-corrected chi connectivity index (χ4v) is 3.23. The minimum atomic E-state index is 0.0278. The first-order valence-corrected chi connectivity index (χ1v) is 9.19. The molecule has 1 N–H and O–H groups in total. The highest BCUT2D eigenvalue weighted by atomic mass is 16.1. The molecule has 2 aromatic heterocycles. The van der Waals surface area contributed by atoms with Crippen molar-refractivity contribution in [2.75, 3.05) is 6.54 Å². The van der Waals surface area contributed by atoms with Crippen molar-refractivity contribution in [2.24, 2.45) is 0 Å². The molecule has 0 saturated carbocycles. The van der Waals surface area contributed by atoms with Crippen molar-refractivity contribution < 1.29 is 4.79 Å². The van der Waals surface area contributed by atoms with Crippen molar-refractivity contribution in [2.45, 2.75) is 19.4 Å². The number of carbonyl (C=O) groups is 1. The van der Waals surface area contributed by atoms with Crippen LogP contribution in [0.5, 0.6) is 0 Å². The van der Waals surface area contributed by atoms with Gasteiger partial charge in [0.1, 0.15) is 0 Å². The van der Waals surface area contributed by atoms with Crippen LogP contribution in [0.3, 0.4) is 0 Å². The first-order valence-electron chi connectivity index (χ1n) is 9.19. The molecule has 0 spiro atoms. The normalized spacial score (nSPS) is 11.0.